The van der Waals surface area contributed by atoms with Gasteiger partial charge in [0, 0.05) is 11.5 Å². The molecule has 0 heterocycles. The number of nitro groups is 1. The fourth-order valence-electron chi connectivity index (χ4n) is 2.12. The summed E-state index contributed by atoms with van der Waals surface area (Å²) in [6.07, 6.45) is 0. The van der Waals surface area contributed by atoms with E-state index >= 15 is 0 Å². The van der Waals surface area contributed by atoms with Gasteiger partial charge in [0.05, 0.1) is 12.0 Å². The summed E-state index contributed by atoms with van der Waals surface area (Å²) in [5, 5.41) is 11.4. The lowest BCUT2D eigenvalue weighted by Gasteiger charge is -2.10. The highest BCUT2D eigenvalue weighted by atomic mass is 32.2. The normalized spacial score (nSPS) is 10.3. The summed E-state index contributed by atoms with van der Waals surface area (Å²) in [4.78, 5) is 22.3. The number of benzene rings is 2. The summed E-state index contributed by atoms with van der Waals surface area (Å²) < 4.78 is 4.62. The molecule has 0 aliphatic carbocycles. The van der Waals surface area contributed by atoms with Crippen molar-refractivity contribution in [2.45, 2.75) is 11.5 Å². The second-order valence-electron chi connectivity index (χ2n) is 4.81. The van der Waals surface area contributed by atoms with Crippen LogP contribution in [0.15, 0.2) is 60.7 Å². The van der Waals surface area contributed by atoms with Gasteiger partial charge >= 0.3 is 11.0 Å². The van der Waals surface area contributed by atoms with E-state index in [4.69, 9.17) is 0 Å². The quantitative estimate of drug-likeness (QED) is 0.373. The van der Waals surface area contributed by atoms with Gasteiger partial charge in [0.15, 0.2) is 0 Å². The largest absolute Gasteiger partial charge is 0.460 e. The molecule has 23 heavy (non-hydrogen) atoms. The summed E-state index contributed by atoms with van der Waals surface area (Å²) in [6.45, 7) is 0. The summed E-state index contributed by atoms with van der Waals surface area (Å²) in [5.41, 5.74) is 1.91. The van der Waals surface area contributed by atoms with Crippen molar-refractivity contribution in [3.8, 4) is 0 Å². The van der Waals surface area contributed by atoms with E-state index in [9.17, 15) is 14.9 Å². The Bertz CT molecular complexity index is 670. The molecule has 120 valence electrons. The third-order valence-corrected chi connectivity index (χ3v) is 5.39. The van der Waals surface area contributed by atoms with Crippen LogP contribution in [0.2, 0.25) is 0 Å². The van der Waals surface area contributed by atoms with Gasteiger partial charge in [0.25, 0.3) is 0 Å². The zero-order chi connectivity index (χ0) is 16.7. The predicted octanol–water partition coefficient (Wildman–Crippen LogP) is 3.24. The molecule has 0 unspecified atom stereocenters. The Kier molecular flexibility index (Phi) is 6.05. The number of methoxy groups -OCH3 is 1. The van der Waals surface area contributed by atoms with E-state index in [1.165, 1.54) is 7.11 Å². The summed E-state index contributed by atoms with van der Waals surface area (Å²) in [6, 6.07) is 18.9. The van der Waals surface area contributed by atoms with E-state index < -0.39 is 21.4 Å². The van der Waals surface area contributed by atoms with Gasteiger partial charge in [-0.1, -0.05) is 71.1 Å². The maximum Gasteiger partial charge on any atom is 0.416 e. The predicted molar refractivity (Wildman–Crippen MR) is 91.9 cm³/mol. The molecule has 0 bridgehead atoms. The molecule has 0 spiro atoms. The standard InChI is InChI=1S/C17H17NO4S/c1-22-17(19)16(18(20)21)23(12-14-8-4-2-5-9-14)13-15-10-6-3-7-11-15/h2-11H,12-13H2,1H3. The number of hydrogen-bond donors (Lipinski definition) is 0. The van der Waals surface area contributed by atoms with Gasteiger partial charge in [-0.25, -0.2) is 4.79 Å². The van der Waals surface area contributed by atoms with Crippen LogP contribution in [0, 0.1) is 10.1 Å². The van der Waals surface area contributed by atoms with Crippen molar-refractivity contribution in [1.82, 2.24) is 0 Å². The van der Waals surface area contributed by atoms with E-state index in [2.05, 4.69) is 4.74 Å². The zero-order valence-corrected chi connectivity index (χ0v) is 13.5. The minimum Gasteiger partial charge on any atom is -0.460 e. The fraction of sp³-hybridized carbons (Fsp3) is 0.176. The number of carbonyl (C=O) groups excluding carboxylic acids is 1. The van der Waals surface area contributed by atoms with Crippen molar-refractivity contribution < 1.29 is 14.5 Å². The minimum absolute atomic E-state index is 0.375. The fourth-order valence-corrected chi connectivity index (χ4v) is 4.22. The van der Waals surface area contributed by atoms with Gasteiger partial charge in [-0.15, -0.1) is 0 Å². The van der Waals surface area contributed by atoms with Crippen LogP contribution in [0.1, 0.15) is 11.1 Å². The van der Waals surface area contributed by atoms with Crippen molar-refractivity contribution >= 4 is 21.4 Å². The van der Waals surface area contributed by atoms with Gasteiger partial charge < -0.3 is 4.74 Å². The summed E-state index contributed by atoms with van der Waals surface area (Å²) in [7, 11) is 0.284. The summed E-state index contributed by atoms with van der Waals surface area (Å²) in [5.74, 6) is -0.00680. The second kappa shape index (κ2) is 8.24. The number of carbonyl (C=O) groups is 1. The molecule has 0 N–H and O–H groups in total. The third-order valence-electron chi connectivity index (χ3n) is 3.17. The maximum atomic E-state index is 11.9. The van der Waals surface area contributed by atoms with Crippen molar-refractivity contribution in [1.29, 1.82) is 0 Å². The number of hydrogen-bond acceptors (Lipinski definition) is 4. The molecule has 2 aromatic rings. The molecule has 0 atom stereocenters. The Morgan fingerprint density at radius 3 is 1.78 bits per heavy atom. The second-order valence-corrected chi connectivity index (χ2v) is 6.76. The van der Waals surface area contributed by atoms with Gasteiger partial charge in [-0.05, 0) is 11.1 Å². The molecule has 0 fully saturated rings. The van der Waals surface area contributed by atoms with Crippen LogP contribution < -0.4 is 0 Å². The Balaban J connectivity index is 2.44. The lowest BCUT2D eigenvalue weighted by atomic mass is 10.2. The highest BCUT2D eigenvalue weighted by Gasteiger charge is 2.28. The van der Waals surface area contributed by atoms with E-state index in [1.807, 2.05) is 60.7 Å². The molecule has 0 amide bonds. The molecule has 0 saturated heterocycles. The first-order valence-corrected chi connectivity index (χ1v) is 8.53. The molecule has 0 aliphatic heterocycles. The first-order valence-electron chi connectivity index (χ1n) is 6.97. The van der Waals surface area contributed by atoms with Crippen LogP contribution in [-0.4, -0.2) is 23.0 Å². The zero-order valence-electron chi connectivity index (χ0n) is 12.7. The lowest BCUT2D eigenvalue weighted by molar-refractivity contribution is -0.345. The van der Waals surface area contributed by atoms with Crippen molar-refractivity contribution in [2.24, 2.45) is 0 Å². The molecule has 0 radical (unpaired) electrons. The average molecular weight is 331 g/mol. The molecule has 2 aromatic carbocycles. The molecule has 6 heteroatoms. The average Bonchev–Trinajstić information content (AvgIpc) is 2.56. The van der Waals surface area contributed by atoms with E-state index in [-0.39, 0.29) is 4.99 Å². The third kappa shape index (κ3) is 4.75. The van der Waals surface area contributed by atoms with Crippen LogP contribution in [-0.2, 0) is 21.0 Å². The molecule has 2 rings (SSSR count). The molecule has 0 aliphatic rings. The Morgan fingerprint density at radius 2 is 1.43 bits per heavy atom. The van der Waals surface area contributed by atoms with Crippen LogP contribution in [0.5, 0.6) is 0 Å². The summed E-state index contributed by atoms with van der Waals surface area (Å²) >= 11 is 0. The van der Waals surface area contributed by atoms with Crippen LogP contribution in [0.4, 0.5) is 0 Å². The molecule has 0 aromatic heterocycles. The van der Waals surface area contributed by atoms with Crippen molar-refractivity contribution in [2.75, 3.05) is 7.11 Å². The van der Waals surface area contributed by atoms with Crippen molar-refractivity contribution in [3.05, 3.63) is 81.9 Å². The van der Waals surface area contributed by atoms with Crippen LogP contribution >= 0.6 is 10.5 Å². The van der Waals surface area contributed by atoms with Gasteiger partial charge in [0.2, 0.25) is 0 Å². The molecular weight excluding hydrogens is 314 g/mol. The number of esters is 1. The first-order chi connectivity index (χ1) is 11.1. The highest BCUT2D eigenvalue weighted by molar-refractivity contribution is 8.15. The minimum atomic E-state index is -0.881. The van der Waals surface area contributed by atoms with E-state index in [0.717, 1.165) is 11.1 Å². The van der Waals surface area contributed by atoms with E-state index in [1.54, 1.807) is 0 Å². The maximum absolute atomic E-state index is 11.9. The van der Waals surface area contributed by atoms with E-state index in [0.29, 0.717) is 11.5 Å². The van der Waals surface area contributed by atoms with Crippen molar-refractivity contribution in [3.63, 3.8) is 0 Å². The SMILES string of the molecule is COC(=O)C([N+](=O)[O-])=S(Cc1ccccc1)Cc1ccccc1. The first kappa shape index (κ1) is 16.9. The monoisotopic (exact) mass is 331 g/mol. The van der Waals surface area contributed by atoms with Gasteiger partial charge in [0.1, 0.15) is 0 Å². The number of rotatable bonds is 4. The van der Waals surface area contributed by atoms with Gasteiger partial charge in [-0.3, -0.25) is 10.1 Å². The topological polar surface area (TPSA) is 69.4 Å². The highest BCUT2D eigenvalue weighted by Crippen LogP contribution is 2.28. The van der Waals surface area contributed by atoms with Crippen LogP contribution in [0.3, 0.4) is 0 Å². The molecular formula is C17H17NO4S. The van der Waals surface area contributed by atoms with Gasteiger partial charge in [-0.2, -0.15) is 0 Å². The van der Waals surface area contributed by atoms with Crippen LogP contribution in [0.25, 0.3) is 0 Å². The Hall–Kier alpha value is -2.47. The Labute approximate surface area is 137 Å². The number of nitrogens with zero attached hydrogens (tertiary/aromatic N) is 1. The molecule has 0 saturated carbocycles. The molecule has 5 nitrogen and oxygen atoms in total. The Morgan fingerprint density at radius 1 is 1.00 bits per heavy atom. The number of ether oxygens (including phenoxy) is 1. The lowest BCUT2D eigenvalue weighted by Crippen LogP contribution is -2.25. The smallest absolute Gasteiger partial charge is 0.416 e.